The van der Waals surface area contributed by atoms with Crippen molar-refractivity contribution >= 4 is 57.2 Å². The molecule has 0 aliphatic carbocycles. The average molecular weight is 575 g/mol. The number of nitrogens with one attached hydrogen (secondary N) is 3. The number of halogens is 1. The van der Waals surface area contributed by atoms with Gasteiger partial charge in [0.25, 0.3) is 0 Å². The van der Waals surface area contributed by atoms with Gasteiger partial charge in [-0.25, -0.2) is 0 Å². The van der Waals surface area contributed by atoms with Gasteiger partial charge in [0.1, 0.15) is 5.75 Å². The number of aryl methyl sites for hydroxylation is 2. The highest BCUT2D eigenvalue weighted by Crippen LogP contribution is 2.45. The van der Waals surface area contributed by atoms with Crippen molar-refractivity contribution in [1.29, 1.82) is 0 Å². The molecule has 1 aromatic carbocycles. The maximum atomic E-state index is 11.9. The van der Waals surface area contributed by atoms with E-state index in [-0.39, 0.29) is 18.0 Å². The number of aromatic amines is 1. The number of carbonyl (C=O) groups is 1. The summed E-state index contributed by atoms with van der Waals surface area (Å²) in [6.07, 6.45) is 2.19. The largest absolute Gasteiger partial charge is 0.494 e. The molecule has 1 saturated heterocycles. The Kier molecular flexibility index (Phi) is 6.89. The van der Waals surface area contributed by atoms with E-state index < -0.39 is 0 Å². The summed E-state index contributed by atoms with van der Waals surface area (Å²) in [6.45, 7) is 5.98. The lowest BCUT2D eigenvalue weighted by Gasteiger charge is -2.29. The number of anilines is 2. The van der Waals surface area contributed by atoms with Gasteiger partial charge in [-0.15, -0.1) is 0 Å². The Morgan fingerprint density at radius 2 is 2.06 bits per heavy atom. The van der Waals surface area contributed by atoms with Crippen LogP contribution in [0.15, 0.2) is 42.6 Å². The van der Waals surface area contributed by atoms with Crippen LogP contribution < -0.4 is 20.3 Å². The molecule has 0 radical (unpaired) electrons. The molecule has 3 N–H and O–H groups in total. The molecule has 0 unspecified atom stereocenters. The number of hydrogen-bond acceptors (Lipinski definition) is 4. The molecular weight excluding hydrogens is 549 g/mol. The molecule has 2 aromatic heterocycles. The maximum Gasteiger partial charge on any atom is 0.224 e. The predicted molar refractivity (Wildman–Crippen MR) is 143 cm³/mol. The van der Waals surface area contributed by atoms with E-state index in [0.29, 0.717) is 23.0 Å². The Hall–Kier alpha value is -2.66. The lowest BCUT2D eigenvalue weighted by atomic mass is 9.96. The molecule has 3 heterocycles. The van der Waals surface area contributed by atoms with E-state index in [2.05, 4.69) is 61.9 Å². The fourth-order valence-electron chi connectivity index (χ4n) is 4.22. The first-order valence-corrected chi connectivity index (χ1v) is 12.2. The number of hydrogen-bond donors (Lipinski definition) is 3. The van der Waals surface area contributed by atoms with Gasteiger partial charge in [-0.1, -0.05) is 13.0 Å². The van der Waals surface area contributed by atoms with Crippen LogP contribution >= 0.6 is 34.8 Å². The van der Waals surface area contributed by atoms with Gasteiger partial charge in [-0.2, -0.15) is 0 Å². The Morgan fingerprint density at radius 3 is 2.67 bits per heavy atom. The van der Waals surface area contributed by atoms with E-state index in [4.69, 9.17) is 17.0 Å². The molecule has 4 rings (SSSR count). The van der Waals surface area contributed by atoms with Crippen molar-refractivity contribution in [1.82, 2.24) is 15.3 Å². The number of carbonyl (C=O) groups excluding carboxylic acids is 1. The number of nitrogens with zero attached hydrogens (tertiary/aromatic N) is 2. The van der Waals surface area contributed by atoms with Crippen LogP contribution in [0.3, 0.4) is 0 Å². The second kappa shape index (κ2) is 9.68. The molecule has 172 valence electrons. The van der Waals surface area contributed by atoms with Crippen LogP contribution in [0.2, 0.25) is 0 Å². The minimum Gasteiger partial charge on any atom is -0.494 e. The van der Waals surface area contributed by atoms with Gasteiger partial charge >= 0.3 is 0 Å². The summed E-state index contributed by atoms with van der Waals surface area (Å²) in [5, 5.41) is 6.99. The third kappa shape index (κ3) is 4.43. The lowest BCUT2D eigenvalue weighted by molar-refractivity contribution is -0.115. The molecule has 3 aromatic rings. The number of H-pyrrole nitrogens is 1. The second-order valence-corrected chi connectivity index (χ2v) is 9.35. The van der Waals surface area contributed by atoms with Crippen LogP contribution in [-0.4, -0.2) is 28.1 Å². The normalized spacial score (nSPS) is 17.7. The van der Waals surface area contributed by atoms with Gasteiger partial charge in [0.2, 0.25) is 5.91 Å². The van der Waals surface area contributed by atoms with Crippen molar-refractivity contribution in [3.63, 3.8) is 0 Å². The Morgan fingerprint density at radius 1 is 1.27 bits per heavy atom. The topological polar surface area (TPSA) is 82.3 Å². The number of pyridine rings is 1. The standard InChI is InChI=1S/C24H26IN5O2S/c1-5-19(31)28-16-10-9-15(12-18(16)32-4)30-23(20-13(2)27-14(3)21(20)25)22(29-24(30)33)17-8-6-7-11-26-17/h6-12,22-23,27H,5H2,1-4H3,(H,28,31)(H,29,33)/t22-,23+/m1/s1. The zero-order chi connectivity index (χ0) is 23.7. The van der Waals surface area contributed by atoms with Crippen LogP contribution in [0.4, 0.5) is 11.4 Å². The van der Waals surface area contributed by atoms with Crippen molar-refractivity contribution in [2.75, 3.05) is 17.3 Å². The molecule has 1 aliphatic heterocycles. The van der Waals surface area contributed by atoms with E-state index in [1.165, 1.54) is 9.13 Å². The van der Waals surface area contributed by atoms with Crippen molar-refractivity contribution in [3.05, 3.63) is 68.8 Å². The van der Waals surface area contributed by atoms with Gasteiger partial charge < -0.3 is 25.3 Å². The number of methoxy groups -OCH3 is 1. The van der Waals surface area contributed by atoms with E-state index in [9.17, 15) is 4.79 Å². The highest BCUT2D eigenvalue weighted by molar-refractivity contribution is 14.1. The number of benzene rings is 1. The molecule has 0 saturated carbocycles. The van der Waals surface area contributed by atoms with Gasteiger partial charge in [0.05, 0.1) is 30.6 Å². The van der Waals surface area contributed by atoms with Crippen LogP contribution in [0, 0.1) is 17.4 Å². The number of aromatic nitrogens is 2. The quantitative estimate of drug-likeness (QED) is 0.278. The van der Waals surface area contributed by atoms with Crippen LogP contribution in [0.25, 0.3) is 0 Å². The fraction of sp³-hybridized carbons (Fsp3) is 0.292. The number of ether oxygens (including phenoxy) is 1. The monoisotopic (exact) mass is 575 g/mol. The summed E-state index contributed by atoms with van der Waals surface area (Å²) >= 11 is 8.23. The van der Waals surface area contributed by atoms with Gasteiger partial charge in [-0.3, -0.25) is 9.78 Å². The highest BCUT2D eigenvalue weighted by Gasteiger charge is 2.43. The van der Waals surface area contributed by atoms with Gasteiger partial charge in [0.15, 0.2) is 5.11 Å². The molecule has 0 spiro atoms. The summed E-state index contributed by atoms with van der Waals surface area (Å²) < 4.78 is 6.78. The van der Waals surface area contributed by atoms with Crippen molar-refractivity contribution in [2.24, 2.45) is 0 Å². The molecule has 1 amide bonds. The Bertz CT molecular complexity index is 1200. The molecule has 9 heteroatoms. The minimum absolute atomic E-state index is 0.0690. The second-order valence-electron chi connectivity index (χ2n) is 7.89. The third-order valence-corrected chi connectivity index (χ3v) is 7.50. The van der Waals surface area contributed by atoms with E-state index in [1.54, 1.807) is 13.3 Å². The Balaban J connectivity index is 1.84. The number of rotatable bonds is 6. The summed E-state index contributed by atoms with van der Waals surface area (Å²) in [6, 6.07) is 11.4. The van der Waals surface area contributed by atoms with Gasteiger partial charge in [-0.05, 0) is 72.9 Å². The van der Waals surface area contributed by atoms with Crippen LogP contribution in [0.5, 0.6) is 5.75 Å². The number of amides is 1. The fourth-order valence-corrected chi connectivity index (χ4v) is 5.42. The first-order chi connectivity index (χ1) is 15.8. The average Bonchev–Trinajstić information content (AvgIpc) is 3.28. The van der Waals surface area contributed by atoms with Gasteiger partial charge in [0, 0.05) is 44.9 Å². The predicted octanol–water partition coefficient (Wildman–Crippen LogP) is 5.17. The van der Waals surface area contributed by atoms with Crippen LogP contribution in [-0.2, 0) is 4.79 Å². The summed E-state index contributed by atoms with van der Waals surface area (Å²) in [7, 11) is 1.60. The summed E-state index contributed by atoms with van der Waals surface area (Å²) in [5.41, 5.74) is 5.82. The smallest absolute Gasteiger partial charge is 0.224 e. The zero-order valence-electron chi connectivity index (χ0n) is 18.9. The first-order valence-electron chi connectivity index (χ1n) is 10.7. The maximum absolute atomic E-state index is 11.9. The van der Waals surface area contributed by atoms with Crippen molar-refractivity contribution in [3.8, 4) is 5.75 Å². The molecule has 1 fully saturated rings. The molecular formula is C24H26IN5O2S. The first kappa shape index (κ1) is 23.5. The van der Waals surface area contributed by atoms with E-state index in [1.807, 2.05) is 43.3 Å². The highest BCUT2D eigenvalue weighted by atomic mass is 127. The third-order valence-electron chi connectivity index (χ3n) is 5.80. The molecule has 2 atom stereocenters. The van der Waals surface area contributed by atoms with E-state index >= 15 is 0 Å². The summed E-state index contributed by atoms with van der Waals surface area (Å²) in [5.74, 6) is 0.509. The Labute approximate surface area is 212 Å². The van der Waals surface area contributed by atoms with Crippen molar-refractivity contribution in [2.45, 2.75) is 39.3 Å². The van der Waals surface area contributed by atoms with Crippen LogP contribution in [0.1, 0.15) is 48.1 Å². The zero-order valence-corrected chi connectivity index (χ0v) is 21.9. The molecule has 33 heavy (non-hydrogen) atoms. The lowest BCUT2D eigenvalue weighted by Crippen LogP contribution is -2.30. The van der Waals surface area contributed by atoms with Crippen molar-refractivity contribution < 1.29 is 9.53 Å². The molecule has 7 nitrogen and oxygen atoms in total. The van der Waals surface area contributed by atoms with E-state index in [0.717, 1.165) is 22.8 Å². The molecule has 1 aliphatic rings. The minimum atomic E-state index is -0.133. The molecule has 0 bridgehead atoms. The summed E-state index contributed by atoms with van der Waals surface area (Å²) in [4.78, 5) is 22.1. The SMILES string of the molecule is CCC(=O)Nc1ccc(N2C(=S)N[C@H](c3ccccn3)[C@@H]2c2c(C)[nH]c(C)c2I)cc1OC. The number of thiocarbonyl (C=S) groups is 1.